The number of carbonyl (C=O) groups is 3. The predicted molar refractivity (Wildman–Crippen MR) is 180 cm³/mol. The van der Waals surface area contributed by atoms with E-state index < -0.39 is 11.5 Å². The van der Waals surface area contributed by atoms with Gasteiger partial charge >= 0.3 is 5.97 Å². The summed E-state index contributed by atoms with van der Waals surface area (Å²) in [6, 6.07) is 20.8. The number of amides is 2. The second-order valence-corrected chi connectivity index (χ2v) is 12.1. The van der Waals surface area contributed by atoms with Gasteiger partial charge in [0.2, 0.25) is 5.91 Å². The van der Waals surface area contributed by atoms with E-state index >= 15 is 0 Å². The van der Waals surface area contributed by atoms with Gasteiger partial charge in [-0.25, -0.2) is 4.79 Å². The number of aliphatic carboxylic acids is 1. The Morgan fingerprint density at radius 3 is 2.26 bits per heavy atom. The first-order chi connectivity index (χ1) is 21.3. The molecule has 2 aliphatic carbocycles. The predicted octanol–water partition coefficient (Wildman–Crippen LogP) is 7.92. The van der Waals surface area contributed by atoms with Gasteiger partial charge in [-0.05, 0) is 66.8 Å². The number of fused-ring (bicyclic) bond motifs is 1. The molecular formula is C38H40N3O4WY-3. The third-order valence-electron chi connectivity index (χ3n) is 9.15. The van der Waals surface area contributed by atoms with E-state index in [2.05, 4.69) is 23.6 Å². The van der Waals surface area contributed by atoms with Crippen LogP contribution in [0.4, 0.5) is 5.69 Å². The van der Waals surface area contributed by atoms with Crippen molar-refractivity contribution in [3.8, 4) is 11.3 Å². The standard InChI is InChI=1S/C37H38N3O4.CH3.W.Y/c1-24-9-5-6-12-29(24)34-33(26-10-3-2-4-11-26)30-19-16-27(23-31(30)39-34)35(43)40-37(21-7-8-22-37)36(44)38-28-17-13-25(14-18-28)15-20-32(41)42;;;/h5-6,9,12-20,23,26H,1-4,7-8,10-11,21-22H2,(H4,38,39,40,41,42,43,44);1H3;;/q2*-1;;/p-1/b20-15+;;;. The first-order valence-corrected chi connectivity index (χ1v) is 15.5. The van der Waals surface area contributed by atoms with Crippen molar-refractivity contribution in [2.75, 3.05) is 5.32 Å². The smallest absolute Gasteiger partial charge is 0.328 e. The van der Waals surface area contributed by atoms with Crippen LogP contribution in [0, 0.1) is 14.4 Å². The van der Waals surface area contributed by atoms with Crippen LogP contribution < -0.4 is 15.6 Å². The molecule has 1 aromatic heterocycles. The summed E-state index contributed by atoms with van der Waals surface area (Å²) in [6.45, 7) is 4.26. The summed E-state index contributed by atoms with van der Waals surface area (Å²) in [7, 11) is 0. The first-order valence-electron chi connectivity index (χ1n) is 15.5. The molecule has 0 saturated heterocycles. The summed E-state index contributed by atoms with van der Waals surface area (Å²) in [5, 5.41) is 16.0. The van der Waals surface area contributed by atoms with Gasteiger partial charge in [0, 0.05) is 71.1 Å². The van der Waals surface area contributed by atoms with Gasteiger partial charge in [0.1, 0.15) is 5.54 Å². The van der Waals surface area contributed by atoms with Crippen LogP contribution >= 0.6 is 0 Å². The molecule has 243 valence electrons. The van der Waals surface area contributed by atoms with Crippen molar-refractivity contribution in [3.63, 3.8) is 0 Å². The average Bonchev–Trinajstić information content (AvgIpc) is 3.66. The van der Waals surface area contributed by atoms with E-state index in [4.69, 9.17) is 10.1 Å². The Kier molecular flexibility index (Phi) is 13.8. The van der Waals surface area contributed by atoms with Crippen LogP contribution in [0.2, 0.25) is 0 Å². The van der Waals surface area contributed by atoms with Gasteiger partial charge in [-0.1, -0.05) is 68.0 Å². The minimum atomic E-state index is -1.02. The maximum Gasteiger partial charge on any atom is 0.328 e. The normalized spacial score (nSPS) is 15.7. The molecule has 0 atom stereocenters. The van der Waals surface area contributed by atoms with Gasteiger partial charge in [-0.3, -0.25) is 9.59 Å². The molecule has 2 amide bonds. The molecule has 2 aliphatic rings. The van der Waals surface area contributed by atoms with Crippen LogP contribution in [0.5, 0.6) is 0 Å². The molecule has 7 nitrogen and oxygen atoms in total. The van der Waals surface area contributed by atoms with E-state index in [1.54, 1.807) is 24.3 Å². The van der Waals surface area contributed by atoms with Crippen LogP contribution in [0.1, 0.15) is 90.8 Å². The number of benzene rings is 3. The van der Waals surface area contributed by atoms with Gasteiger partial charge in [0.05, 0.1) is 0 Å². The molecule has 2 saturated carbocycles. The summed E-state index contributed by atoms with van der Waals surface area (Å²) in [5.74, 6) is -1.14. The van der Waals surface area contributed by atoms with E-state index in [1.165, 1.54) is 30.9 Å². The number of rotatable bonds is 8. The first kappa shape index (κ1) is 38.5. The van der Waals surface area contributed by atoms with E-state index in [0.29, 0.717) is 35.6 Å². The largest absolute Gasteiger partial charge is 0.667 e. The summed E-state index contributed by atoms with van der Waals surface area (Å²) < 4.78 is 0. The summed E-state index contributed by atoms with van der Waals surface area (Å²) in [5.41, 5.74) is 5.74. The fourth-order valence-corrected chi connectivity index (χ4v) is 6.84. The second kappa shape index (κ2) is 16.9. The third-order valence-corrected chi connectivity index (χ3v) is 9.15. The van der Waals surface area contributed by atoms with Gasteiger partial charge in [0.15, 0.2) is 0 Å². The van der Waals surface area contributed by atoms with Crippen molar-refractivity contribution in [3.05, 3.63) is 109 Å². The number of nitrogens with one attached hydrogen (secondary N) is 2. The van der Waals surface area contributed by atoms with Crippen LogP contribution in [0.3, 0.4) is 0 Å². The molecule has 4 aromatic rings. The van der Waals surface area contributed by atoms with Crippen molar-refractivity contribution in [2.24, 2.45) is 0 Å². The molecule has 2 fully saturated rings. The minimum absolute atomic E-state index is 0. The van der Waals surface area contributed by atoms with Crippen LogP contribution in [0.15, 0.2) is 72.8 Å². The molecule has 0 aliphatic heterocycles. The zero-order chi connectivity index (χ0) is 30.7. The molecular weight excluding hydrogens is 835 g/mol. The molecule has 0 bridgehead atoms. The summed E-state index contributed by atoms with van der Waals surface area (Å²) in [6.07, 6.45) is 11.3. The van der Waals surface area contributed by atoms with Gasteiger partial charge in [-0.2, -0.15) is 24.2 Å². The average molecular weight is 876 g/mol. The number of carboxylic acids is 1. The van der Waals surface area contributed by atoms with E-state index in [0.717, 1.165) is 59.5 Å². The molecule has 1 radical (unpaired) electrons. The molecule has 47 heavy (non-hydrogen) atoms. The monoisotopic (exact) mass is 875 g/mol. The maximum atomic E-state index is 13.7. The zero-order valence-electron chi connectivity index (χ0n) is 26.8. The number of nitrogens with zero attached hydrogens (tertiary/aromatic N) is 1. The second-order valence-electron chi connectivity index (χ2n) is 12.1. The molecule has 0 spiro atoms. The van der Waals surface area contributed by atoms with Crippen LogP contribution in [-0.4, -0.2) is 28.4 Å². The SMILES string of the molecule is [CH2-]c1ccccc1-c1[n-]c2cc(C(=O)NC3(C(=O)Nc4ccc(/C=C/C(=O)O)cc4)CCCC3)ccc2c1C1CCCCC1.[CH3-].[W].[Y]. The molecule has 3 aromatic carbocycles. The Balaban J connectivity index is 0.00000200. The van der Waals surface area contributed by atoms with Crippen molar-refractivity contribution >= 4 is 40.4 Å². The number of aromatic nitrogens is 1. The Hall–Kier alpha value is -2.99. The van der Waals surface area contributed by atoms with E-state index in [1.807, 2.05) is 36.4 Å². The summed E-state index contributed by atoms with van der Waals surface area (Å²) in [4.78, 5) is 43.2. The molecule has 3 N–H and O–H groups in total. The number of hydrogen-bond acceptors (Lipinski definition) is 3. The fraction of sp³-hybridized carbons (Fsp3) is 0.289. The number of anilines is 1. The minimum Gasteiger partial charge on any atom is -0.667 e. The van der Waals surface area contributed by atoms with Crippen molar-refractivity contribution in [1.82, 2.24) is 10.3 Å². The zero-order valence-corrected chi connectivity index (χ0v) is 32.5. The fourth-order valence-electron chi connectivity index (χ4n) is 6.84. The Morgan fingerprint density at radius 2 is 1.60 bits per heavy atom. The Labute approximate surface area is 316 Å². The quantitative estimate of drug-likeness (QED) is 0.123. The number of hydrogen-bond donors (Lipinski definition) is 3. The van der Waals surface area contributed by atoms with Crippen LogP contribution in [0.25, 0.3) is 28.2 Å². The van der Waals surface area contributed by atoms with Crippen molar-refractivity contribution < 1.29 is 73.3 Å². The molecule has 9 heteroatoms. The van der Waals surface area contributed by atoms with Crippen molar-refractivity contribution in [1.29, 1.82) is 0 Å². The van der Waals surface area contributed by atoms with E-state index in [-0.39, 0.29) is 73.0 Å². The third kappa shape index (κ3) is 8.55. The number of carbonyl (C=O) groups excluding carboxylic acids is 2. The van der Waals surface area contributed by atoms with Gasteiger partial charge in [0.25, 0.3) is 5.91 Å². The molecule has 1 heterocycles. The molecule has 6 rings (SSSR count). The Bertz CT molecular complexity index is 1740. The maximum absolute atomic E-state index is 13.7. The summed E-state index contributed by atoms with van der Waals surface area (Å²) >= 11 is 0. The van der Waals surface area contributed by atoms with Crippen LogP contribution in [-0.2, 0) is 63.4 Å². The van der Waals surface area contributed by atoms with Crippen molar-refractivity contribution in [2.45, 2.75) is 69.2 Å². The topological polar surface area (TPSA) is 110 Å². The Morgan fingerprint density at radius 1 is 0.915 bits per heavy atom. The number of carboxylic acid groups (broad SMARTS) is 1. The van der Waals surface area contributed by atoms with E-state index in [9.17, 15) is 14.4 Å². The van der Waals surface area contributed by atoms with Gasteiger partial charge < -0.3 is 28.2 Å². The van der Waals surface area contributed by atoms with Gasteiger partial charge in [-0.15, -0.1) is 23.2 Å². The molecule has 0 unspecified atom stereocenters.